The summed E-state index contributed by atoms with van der Waals surface area (Å²) in [5, 5.41) is 0.171. The molecule has 152 valence electrons. The Kier molecular flexibility index (Phi) is 6.07. The number of rotatable bonds is 4. The molecule has 0 amide bonds. The SMILES string of the molecule is CC(=O)Oc1ccc(/C=c2/[nH]c(=O)/c(=C\c3ccc(OC(C)=O)cc3)[nH]c2=O)cc1. The molecule has 1 heterocycles. The van der Waals surface area contributed by atoms with E-state index in [1.54, 1.807) is 48.5 Å². The minimum absolute atomic E-state index is 0.0857. The van der Waals surface area contributed by atoms with Crippen molar-refractivity contribution in [3.05, 3.63) is 91.1 Å². The predicted octanol–water partition coefficient (Wildman–Crippen LogP) is 0.571. The van der Waals surface area contributed by atoms with Gasteiger partial charge in [0.25, 0.3) is 11.1 Å². The molecule has 0 aliphatic carbocycles. The van der Waals surface area contributed by atoms with Crippen LogP contribution in [0.4, 0.5) is 0 Å². The van der Waals surface area contributed by atoms with Crippen molar-refractivity contribution in [1.82, 2.24) is 9.97 Å². The highest BCUT2D eigenvalue weighted by Gasteiger charge is 2.01. The van der Waals surface area contributed by atoms with Crippen LogP contribution in [0, 0.1) is 0 Å². The van der Waals surface area contributed by atoms with E-state index in [1.807, 2.05) is 0 Å². The molecule has 0 saturated carbocycles. The Morgan fingerprint density at radius 2 is 1.00 bits per heavy atom. The van der Waals surface area contributed by atoms with Crippen LogP contribution in [0.3, 0.4) is 0 Å². The number of ether oxygens (including phenoxy) is 2. The molecule has 0 radical (unpaired) electrons. The van der Waals surface area contributed by atoms with Crippen LogP contribution in [0.15, 0.2) is 58.1 Å². The molecule has 2 N–H and O–H groups in total. The molecule has 2 aromatic carbocycles. The Morgan fingerprint density at radius 3 is 1.30 bits per heavy atom. The summed E-state index contributed by atoms with van der Waals surface area (Å²) in [5.74, 6) is -0.0980. The summed E-state index contributed by atoms with van der Waals surface area (Å²) >= 11 is 0. The van der Waals surface area contributed by atoms with Gasteiger partial charge in [-0.1, -0.05) is 24.3 Å². The Hall–Kier alpha value is -4.20. The van der Waals surface area contributed by atoms with E-state index in [9.17, 15) is 19.2 Å². The van der Waals surface area contributed by atoms with E-state index in [0.29, 0.717) is 22.6 Å². The topological polar surface area (TPSA) is 118 Å². The van der Waals surface area contributed by atoms with Gasteiger partial charge < -0.3 is 19.4 Å². The molecule has 0 aliphatic heterocycles. The van der Waals surface area contributed by atoms with Crippen molar-refractivity contribution in [2.45, 2.75) is 13.8 Å². The molecule has 8 heteroatoms. The number of aromatic nitrogens is 2. The van der Waals surface area contributed by atoms with Crippen molar-refractivity contribution in [2.24, 2.45) is 0 Å². The first-order valence-corrected chi connectivity index (χ1v) is 8.93. The molecule has 0 atom stereocenters. The van der Waals surface area contributed by atoms with E-state index in [-0.39, 0.29) is 10.7 Å². The lowest BCUT2D eigenvalue weighted by Gasteiger charge is -2.01. The molecule has 0 bridgehead atoms. The number of benzene rings is 2. The molecule has 3 aromatic rings. The number of hydrogen-bond acceptors (Lipinski definition) is 6. The van der Waals surface area contributed by atoms with Crippen molar-refractivity contribution >= 4 is 24.1 Å². The monoisotopic (exact) mass is 406 g/mol. The van der Waals surface area contributed by atoms with E-state index in [1.165, 1.54) is 26.0 Å². The zero-order chi connectivity index (χ0) is 21.7. The van der Waals surface area contributed by atoms with Crippen LogP contribution in [0.25, 0.3) is 12.2 Å². The maximum Gasteiger partial charge on any atom is 0.308 e. The zero-order valence-electron chi connectivity index (χ0n) is 16.2. The predicted molar refractivity (Wildman–Crippen MR) is 110 cm³/mol. The molecule has 30 heavy (non-hydrogen) atoms. The van der Waals surface area contributed by atoms with Gasteiger partial charge in [0.05, 0.1) is 0 Å². The fourth-order valence-electron chi connectivity index (χ4n) is 2.63. The highest BCUT2D eigenvalue weighted by atomic mass is 16.5. The second-order valence-corrected chi connectivity index (χ2v) is 6.35. The van der Waals surface area contributed by atoms with Crippen LogP contribution in [0.1, 0.15) is 25.0 Å². The molecule has 0 saturated heterocycles. The van der Waals surface area contributed by atoms with Gasteiger partial charge in [0.2, 0.25) is 0 Å². The van der Waals surface area contributed by atoms with Gasteiger partial charge >= 0.3 is 11.9 Å². The van der Waals surface area contributed by atoms with Crippen LogP contribution in [0.5, 0.6) is 11.5 Å². The van der Waals surface area contributed by atoms with E-state index in [2.05, 4.69) is 9.97 Å². The van der Waals surface area contributed by atoms with Gasteiger partial charge in [0, 0.05) is 13.8 Å². The Bertz CT molecular complexity index is 1210. The molecule has 0 fully saturated rings. The fourth-order valence-corrected chi connectivity index (χ4v) is 2.63. The summed E-state index contributed by atoms with van der Waals surface area (Å²) in [4.78, 5) is 51.8. The molecule has 3 rings (SSSR count). The average molecular weight is 406 g/mol. The van der Waals surface area contributed by atoms with Gasteiger partial charge in [-0.2, -0.15) is 0 Å². The lowest BCUT2D eigenvalue weighted by Crippen LogP contribution is -2.46. The van der Waals surface area contributed by atoms with Gasteiger partial charge in [-0.25, -0.2) is 0 Å². The van der Waals surface area contributed by atoms with Crippen LogP contribution in [0.2, 0.25) is 0 Å². The third-order valence-electron chi connectivity index (χ3n) is 3.89. The molecule has 0 spiro atoms. The molecular formula is C22H18N2O6. The van der Waals surface area contributed by atoms with Crippen molar-refractivity contribution < 1.29 is 19.1 Å². The summed E-state index contributed by atoms with van der Waals surface area (Å²) in [7, 11) is 0. The fraction of sp³-hybridized carbons (Fsp3) is 0.0909. The largest absolute Gasteiger partial charge is 0.427 e. The van der Waals surface area contributed by atoms with E-state index in [4.69, 9.17) is 9.47 Å². The highest BCUT2D eigenvalue weighted by molar-refractivity contribution is 5.70. The van der Waals surface area contributed by atoms with Gasteiger partial charge in [-0.05, 0) is 47.5 Å². The first kappa shape index (κ1) is 20.5. The van der Waals surface area contributed by atoms with Crippen molar-refractivity contribution in [2.75, 3.05) is 0 Å². The Morgan fingerprint density at radius 1 is 0.667 bits per heavy atom. The molecule has 0 aliphatic rings. The molecule has 1 aromatic heterocycles. The number of carbonyl (C=O) groups is 2. The van der Waals surface area contributed by atoms with Gasteiger partial charge in [-0.15, -0.1) is 0 Å². The number of nitrogens with one attached hydrogen (secondary N) is 2. The number of hydrogen-bond donors (Lipinski definition) is 2. The number of esters is 2. The van der Waals surface area contributed by atoms with Gasteiger partial charge in [0.15, 0.2) is 0 Å². The third kappa shape index (κ3) is 5.41. The highest BCUT2D eigenvalue weighted by Crippen LogP contribution is 2.13. The summed E-state index contributed by atoms with van der Waals surface area (Å²) in [6.07, 6.45) is 3.02. The maximum atomic E-state index is 12.4. The average Bonchev–Trinajstić information content (AvgIpc) is 2.68. The van der Waals surface area contributed by atoms with E-state index in [0.717, 1.165) is 0 Å². The van der Waals surface area contributed by atoms with E-state index < -0.39 is 23.1 Å². The Labute approximate surface area is 170 Å². The lowest BCUT2D eigenvalue weighted by atomic mass is 10.2. The Balaban J connectivity index is 1.91. The minimum Gasteiger partial charge on any atom is -0.427 e. The van der Waals surface area contributed by atoms with Crippen molar-refractivity contribution in [3.8, 4) is 11.5 Å². The smallest absolute Gasteiger partial charge is 0.308 e. The van der Waals surface area contributed by atoms with Crippen molar-refractivity contribution in [3.63, 3.8) is 0 Å². The van der Waals surface area contributed by atoms with Gasteiger partial charge in [0.1, 0.15) is 22.2 Å². The van der Waals surface area contributed by atoms with E-state index >= 15 is 0 Å². The standard InChI is InChI=1S/C22H18N2O6/c1-13(25)29-17-7-3-15(4-8-17)11-19-21(27)24-20(22(28)23-19)12-16-5-9-18(10-6-16)30-14(2)26/h3-12H,1-2H3,(H,23,28)(H,24,27)/b19-11+,20-12+. The first-order chi connectivity index (χ1) is 14.3. The number of carbonyl (C=O) groups excluding carboxylic acids is 2. The second kappa shape index (κ2) is 8.87. The summed E-state index contributed by atoms with van der Waals surface area (Å²) in [5.41, 5.74) is 0.345. The van der Waals surface area contributed by atoms with Crippen LogP contribution in [-0.4, -0.2) is 21.9 Å². The molecule has 8 nitrogen and oxygen atoms in total. The maximum absolute atomic E-state index is 12.4. The molecular weight excluding hydrogens is 388 g/mol. The molecule has 0 unspecified atom stereocenters. The van der Waals surface area contributed by atoms with Crippen LogP contribution >= 0.6 is 0 Å². The summed E-state index contributed by atoms with van der Waals surface area (Å²) in [6.45, 7) is 2.61. The number of H-pyrrole nitrogens is 2. The normalized spacial score (nSPS) is 11.9. The second-order valence-electron chi connectivity index (χ2n) is 6.35. The lowest BCUT2D eigenvalue weighted by molar-refractivity contribution is -0.132. The minimum atomic E-state index is -0.471. The van der Waals surface area contributed by atoms with Crippen molar-refractivity contribution in [1.29, 1.82) is 0 Å². The first-order valence-electron chi connectivity index (χ1n) is 8.93. The summed E-state index contributed by atoms with van der Waals surface area (Å²) in [6, 6.07) is 13.0. The zero-order valence-corrected chi connectivity index (χ0v) is 16.2. The number of aromatic amines is 2. The van der Waals surface area contributed by atoms with Crippen LogP contribution in [-0.2, 0) is 9.59 Å². The quantitative estimate of drug-likeness (QED) is 0.483. The van der Waals surface area contributed by atoms with Crippen LogP contribution < -0.4 is 31.3 Å². The third-order valence-corrected chi connectivity index (χ3v) is 3.89. The van der Waals surface area contributed by atoms with Gasteiger partial charge in [-0.3, -0.25) is 19.2 Å². The summed E-state index contributed by atoms with van der Waals surface area (Å²) < 4.78 is 9.91.